The van der Waals surface area contributed by atoms with Gasteiger partial charge in [0.2, 0.25) is 0 Å². The van der Waals surface area contributed by atoms with Gasteiger partial charge in [-0.2, -0.15) is 26.3 Å². The van der Waals surface area contributed by atoms with Crippen molar-refractivity contribution in [3.05, 3.63) is 35.4 Å². The SMILES string of the molecule is N[C@H](C[C@H](O)c1ccccc1C(F)(F)F)C(F)(F)F. The maximum absolute atomic E-state index is 12.6. The molecule has 3 N–H and O–H groups in total. The van der Waals surface area contributed by atoms with Gasteiger partial charge in [-0.1, -0.05) is 18.2 Å². The number of nitrogens with two attached hydrogens (primary N) is 1. The Kier molecular flexibility index (Phi) is 4.46. The van der Waals surface area contributed by atoms with Gasteiger partial charge in [0, 0.05) is 6.42 Å². The van der Waals surface area contributed by atoms with E-state index in [0.29, 0.717) is 6.07 Å². The Balaban J connectivity index is 2.98. The zero-order chi connectivity index (χ0) is 14.8. The first kappa shape index (κ1) is 15.8. The van der Waals surface area contributed by atoms with Gasteiger partial charge in [-0.25, -0.2) is 0 Å². The van der Waals surface area contributed by atoms with Gasteiger partial charge in [0.05, 0.1) is 11.7 Å². The van der Waals surface area contributed by atoms with Crippen LogP contribution in [0.25, 0.3) is 0 Å². The molecule has 1 rings (SSSR count). The molecular formula is C11H11F6NO. The van der Waals surface area contributed by atoms with Gasteiger partial charge in [0.25, 0.3) is 0 Å². The fourth-order valence-electron chi connectivity index (χ4n) is 1.55. The minimum absolute atomic E-state index is 0.616. The maximum Gasteiger partial charge on any atom is 0.416 e. The first-order chi connectivity index (χ1) is 8.53. The van der Waals surface area contributed by atoms with Crippen molar-refractivity contribution in [2.45, 2.75) is 30.9 Å². The first-order valence-corrected chi connectivity index (χ1v) is 5.20. The molecule has 19 heavy (non-hydrogen) atoms. The molecule has 0 saturated heterocycles. The van der Waals surface area contributed by atoms with Gasteiger partial charge in [-0.3, -0.25) is 0 Å². The van der Waals surface area contributed by atoms with E-state index < -0.39 is 42.0 Å². The largest absolute Gasteiger partial charge is 0.416 e. The van der Waals surface area contributed by atoms with Gasteiger partial charge in [0.15, 0.2) is 0 Å². The second-order valence-corrected chi connectivity index (χ2v) is 3.98. The fourth-order valence-corrected chi connectivity index (χ4v) is 1.55. The molecule has 1 aromatic carbocycles. The third kappa shape index (κ3) is 4.10. The van der Waals surface area contributed by atoms with Gasteiger partial charge in [-0.15, -0.1) is 0 Å². The van der Waals surface area contributed by atoms with E-state index in [1.165, 1.54) is 6.07 Å². The predicted octanol–water partition coefficient (Wildman–Crippen LogP) is 3.02. The van der Waals surface area contributed by atoms with Crippen LogP contribution in [0.4, 0.5) is 26.3 Å². The molecular weight excluding hydrogens is 276 g/mol. The summed E-state index contributed by atoms with van der Waals surface area (Å²) in [6.07, 6.45) is -12.5. The molecule has 0 aliphatic carbocycles. The van der Waals surface area contributed by atoms with Crippen molar-refractivity contribution in [3.63, 3.8) is 0 Å². The number of alkyl halides is 6. The summed E-state index contributed by atoms with van der Waals surface area (Å²) in [5, 5.41) is 9.52. The van der Waals surface area contributed by atoms with Gasteiger partial charge in [0.1, 0.15) is 6.04 Å². The van der Waals surface area contributed by atoms with Crippen molar-refractivity contribution in [1.29, 1.82) is 0 Å². The van der Waals surface area contributed by atoms with Crippen molar-refractivity contribution in [1.82, 2.24) is 0 Å². The maximum atomic E-state index is 12.6. The Morgan fingerprint density at radius 1 is 1.05 bits per heavy atom. The number of aliphatic hydroxyl groups is 1. The molecule has 0 bridgehead atoms. The molecule has 2 atom stereocenters. The summed E-state index contributed by atoms with van der Waals surface area (Å²) in [6, 6.07) is 1.52. The molecule has 2 nitrogen and oxygen atoms in total. The molecule has 0 heterocycles. The highest BCUT2D eigenvalue weighted by Crippen LogP contribution is 2.36. The summed E-state index contributed by atoms with van der Waals surface area (Å²) in [5.74, 6) is 0. The van der Waals surface area contributed by atoms with Crippen LogP contribution >= 0.6 is 0 Å². The molecule has 0 amide bonds. The lowest BCUT2D eigenvalue weighted by Gasteiger charge is -2.21. The van der Waals surface area contributed by atoms with Crippen molar-refractivity contribution < 1.29 is 31.4 Å². The molecule has 0 fully saturated rings. The van der Waals surface area contributed by atoms with E-state index in [-0.39, 0.29) is 0 Å². The van der Waals surface area contributed by atoms with E-state index in [1.54, 1.807) is 0 Å². The summed E-state index contributed by atoms with van der Waals surface area (Å²) >= 11 is 0. The summed E-state index contributed by atoms with van der Waals surface area (Å²) in [7, 11) is 0. The Morgan fingerprint density at radius 3 is 2.05 bits per heavy atom. The van der Waals surface area contributed by atoms with Gasteiger partial charge in [-0.05, 0) is 11.6 Å². The standard InChI is InChI=1S/C11H11F6NO/c12-10(13,14)7-4-2-1-3-6(7)8(19)5-9(18)11(15,16)17/h1-4,8-9,19H,5,18H2/t8-,9+/m0/s1. The first-order valence-electron chi connectivity index (χ1n) is 5.20. The summed E-state index contributed by atoms with van der Waals surface area (Å²) in [4.78, 5) is 0. The fraction of sp³-hybridized carbons (Fsp3) is 0.455. The highest BCUT2D eigenvalue weighted by atomic mass is 19.4. The van der Waals surface area contributed by atoms with Crippen LogP contribution in [0.2, 0.25) is 0 Å². The molecule has 0 unspecified atom stereocenters. The average molecular weight is 287 g/mol. The van der Waals surface area contributed by atoms with Crippen LogP contribution in [0.5, 0.6) is 0 Å². The lowest BCUT2D eigenvalue weighted by Crippen LogP contribution is -2.38. The number of rotatable bonds is 3. The van der Waals surface area contributed by atoms with E-state index in [1.807, 2.05) is 0 Å². The molecule has 0 radical (unpaired) electrons. The van der Waals surface area contributed by atoms with E-state index in [4.69, 9.17) is 5.73 Å². The second-order valence-electron chi connectivity index (χ2n) is 3.98. The number of halogens is 6. The van der Waals surface area contributed by atoms with E-state index in [2.05, 4.69) is 0 Å². The zero-order valence-electron chi connectivity index (χ0n) is 9.46. The third-order valence-corrected chi connectivity index (χ3v) is 2.52. The molecule has 108 valence electrons. The molecule has 1 aromatic rings. The van der Waals surface area contributed by atoms with Crippen molar-refractivity contribution in [3.8, 4) is 0 Å². The topological polar surface area (TPSA) is 46.2 Å². The molecule has 0 saturated carbocycles. The molecule has 0 aromatic heterocycles. The monoisotopic (exact) mass is 287 g/mol. The molecule has 0 aliphatic heterocycles. The normalized spacial score (nSPS) is 16.2. The van der Waals surface area contributed by atoms with Gasteiger partial charge >= 0.3 is 12.4 Å². The van der Waals surface area contributed by atoms with Crippen LogP contribution in [0.15, 0.2) is 24.3 Å². The van der Waals surface area contributed by atoms with Crippen LogP contribution < -0.4 is 5.73 Å². The van der Waals surface area contributed by atoms with Crippen LogP contribution in [-0.4, -0.2) is 17.3 Å². The third-order valence-electron chi connectivity index (χ3n) is 2.52. The van der Waals surface area contributed by atoms with Crippen molar-refractivity contribution in [2.24, 2.45) is 5.73 Å². The number of benzene rings is 1. The van der Waals surface area contributed by atoms with E-state index >= 15 is 0 Å². The highest BCUT2D eigenvalue weighted by molar-refractivity contribution is 5.31. The molecule has 8 heteroatoms. The molecule has 0 aliphatic rings. The van der Waals surface area contributed by atoms with Crippen LogP contribution in [0.1, 0.15) is 23.7 Å². The number of hydrogen-bond acceptors (Lipinski definition) is 2. The summed E-state index contributed by atoms with van der Waals surface area (Å²) in [6.45, 7) is 0. The summed E-state index contributed by atoms with van der Waals surface area (Å²) in [5.41, 5.74) is 3.00. The Bertz CT molecular complexity index is 428. The van der Waals surface area contributed by atoms with Gasteiger partial charge < -0.3 is 10.8 Å². The van der Waals surface area contributed by atoms with Crippen LogP contribution in [0.3, 0.4) is 0 Å². The average Bonchev–Trinajstić information content (AvgIpc) is 2.26. The Morgan fingerprint density at radius 2 is 1.58 bits per heavy atom. The van der Waals surface area contributed by atoms with E-state index in [9.17, 15) is 31.4 Å². The van der Waals surface area contributed by atoms with Crippen LogP contribution in [0, 0.1) is 0 Å². The lowest BCUT2D eigenvalue weighted by atomic mass is 9.97. The predicted molar refractivity (Wildman–Crippen MR) is 55.1 cm³/mol. The minimum Gasteiger partial charge on any atom is -0.388 e. The van der Waals surface area contributed by atoms with E-state index in [0.717, 1.165) is 12.1 Å². The number of aliphatic hydroxyl groups excluding tert-OH is 1. The van der Waals surface area contributed by atoms with Crippen molar-refractivity contribution >= 4 is 0 Å². The quantitative estimate of drug-likeness (QED) is 0.839. The zero-order valence-corrected chi connectivity index (χ0v) is 9.46. The smallest absolute Gasteiger partial charge is 0.388 e. The molecule has 0 spiro atoms. The van der Waals surface area contributed by atoms with Crippen molar-refractivity contribution in [2.75, 3.05) is 0 Å². The Hall–Kier alpha value is -1.28. The van der Waals surface area contributed by atoms with Crippen LogP contribution in [-0.2, 0) is 6.18 Å². The summed E-state index contributed by atoms with van der Waals surface area (Å²) < 4.78 is 74.5. The second kappa shape index (κ2) is 5.38. The Labute approximate surface area is 104 Å². The minimum atomic E-state index is -4.77. The highest BCUT2D eigenvalue weighted by Gasteiger charge is 2.40. The number of hydrogen-bond donors (Lipinski definition) is 2. The lowest BCUT2D eigenvalue weighted by molar-refractivity contribution is -0.154.